The van der Waals surface area contributed by atoms with Gasteiger partial charge in [0.2, 0.25) is 0 Å². The van der Waals surface area contributed by atoms with Gasteiger partial charge in [-0.1, -0.05) is 11.3 Å². The van der Waals surface area contributed by atoms with Crippen LogP contribution in [0, 0.1) is 18.3 Å². The van der Waals surface area contributed by atoms with Gasteiger partial charge in [0.1, 0.15) is 22.2 Å². The first-order valence-electron chi connectivity index (χ1n) is 8.93. The first-order valence-corrected chi connectivity index (χ1v) is 9.74. The van der Waals surface area contributed by atoms with Crippen LogP contribution in [0.2, 0.25) is 0 Å². The molecule has 144 valence electrons. The first kappa shape index (κ1) is 18.5. The van der Waals surface area contributed by atoms with Crippen molar-refractivity contribution in [2.24, 2.45) is 5.92 Å². The fourth-order valence-electron chi connectivity index (χ4n) is 2.97. The van der Waals surface area contributed by atoms with E-state index < -0.39 is 0 Å². The van der Waals surface area contributed by atoms with Crippen molar-refractivity contribution < 1.29 is 13.9 Å². The molecule has 28 heavy (non-hydrogen) atoms. The van der Waals surface area contributed by atoms with Crippen molar-refractivity contribution in [1.29, 1.82) is 5.41 Å². The molecule has 0 saturated carbocycles. The number of rotatable bonds is 5. The minimum absolute atomic E-state index is 0.0467. The van der Waals surface area contributed by atoms with E-state index in [2.05, 4.69) is 20.3 Å². The molecule has 3 aromatic rings. The van der Waals surface area contributed by atoms with Gasteiger partial charge in [-0.3, -0.25) is 10.2 Å². The van der Waals surface area contributed by atoms with E-state index in [0.717, 1.165) is 0 Å². The van der Waals surface area contributed by atoms with Crippen molar-refractivity contribution in [3.63, 3.8) is 0 Å². The highest BCUT2D eigenvalue weighted by Crippen LogP contribution is 2.35. The summed E-state index contributed by atoms with van der Waals surface area (Å²) in [6.45, 7) is 2.97. The molecule has 4 rings (SSSR count). The SMILES string of the molecule is Cc1ncc(C(=N)Nc2nc(-c3ccco3)c(C(=O)C3CCOCC3)s2)cn1. The molecular weight excluding hydrogens is 378 g/mol. The molecule has 0 aliphatic carbocycles. The minimum Gasteiger partial charge on any atom is -0.463 e. The van der Waals surface area contributed by atoms with Gasteiger partial charge in [-0.05, 0) is 31.9 Å². The number of hydrogen-bond donors (Lipinski definition) is 2. The molecule has 0 radical (unpaired) electrons. The molecule has 2 N–H and O–H groups in total. The third-order valence-corrected chi connectivity index (χ3v) is 5.48. The molecule has 0 spiro atoms. The number of anilines is 1. The molecule has 9 heteroatoms. The van der Waals surface area contributed by atoms with Gasteiger partial charge >= 0.3 is 0 Å². The molecule has 3 aromatic heterocycles. The van der Waals surface area contributed by atoms with Gasteiger partial charge in [0.25, 0.3) is 0 Å². The Hall–Kier alpha value is -2.91. The van der Waals surface area contributed by atoms with Crippen LogP contribution in [-0.2, 0) is 4.74 Å². The topological polar surface area (TPSA) is 114 Å². The van der Waals surface area contributed by atoms with Crippen LogP contribution in [0.3, 0.4) is 0 Å². The average Bonchev–Trinajstić information content (AvgIpc) is 3.38. The van der Waals surface area contributed by atoms with E-state index in [0.29, 0.717) is 58.9 Å². The van der Waals surface area contributed by atoms with Crippen molar-refractivity contribution in [1.82, 2.24) is 15.0 Å². The highest BCUT2D eigenvalue weighted by atomic mass is 32.1. The fourth-order valence-corrected chi connectivity index (χ4v) is 3.96. The van der Waals surface area contributed by atoms with E-state index in [1.807, 2.05) is 0 Å². The highest BCUT2D eigenvalue weighted by molar-refractivity contribution is 7.18. The van der Waals surface area contributed by atoms with Gasteiger partial charge < -0.3 is 14.5 Å². The van der Waals surface area contributed by atoms with Crippen LogP contribution in [-0.4, -0.2) is 39.8 Å². The summed E-state index contributed by atoms with van der Waals surface area (Å²) in [5.74, 6) is 1.25. The zero-order valence-electron chi connectivity index (χ0n) is 15.3. The lowest BCUT2D eigenvalue weighted by atomic mass is 9.94. The summed E-state index contributed by atoms with van der Waals surface area (Å²) in [6, 6.07) is 3.54. The van der Waals surface area contributed by atoms with Gasteiger partial charge in [0.15, 0.2) is 16.7 Å². The Morgan fingerprint density at radius 1 is 1.29 bits per heavy atom. The van der Waals surface area contributed by atoms with Crippen LogP contribution >= 0.6 is 11.3 Å². The molecule has 1 saturated heterocycles. The number of furan rings is 1. The van der Waals surface area contributed by atoms with Crippen LogP contribution < -0.4 is 5.32 Å². The maximum absolute atomic E-state index is 13.1. The summed E-state index contributed by atoms with van der Waals surface area (Å²) < 4.78 is 10.8. The van der Waals surface area contributed by atoms with Crippen LogP contribution in [0.1, 0.15) is 33.9 Å². The van der Waals surface area contributed by atoms with E-state index in [4.69, 9.17) is 14.6 Å². The van der Waals surface area contributed by atoms with Gasteiger partial charge in [0, 0.05) is 31.5 Å². The van der Waals surface area contributed by atoms with Crippen LogP contribution in [0.15, 0.2) is 35.2 Å². The Bertz CT molecular complexity index is 976. The predicted molar refractivity (Wildman–Crippen MR) is 105 cm³/mol. The molecule has 4 heterocycles. The monoisotopic (exact) mass is 397 g/mol. The van der Waals surface area contributed by atoms with E-state index in [1.54, 1.807) is 37.7 Å². The largest absolute Gasteiger partial charge is 0.463 e. The maximum atomic E-state index is 13.1. The third kappa shape index (κ3) is 3.85. The number of Topliss-reactive ketones (excluding diaryl/α,β-unsaturated/α-hetero) is 1. The molecule has 1 aliphatic rings. The summed E-state index contributed by atoms with van der Waals surface area (Å²) in [7, 11) is 0. The van der Waals surface area contributed by atoms with Crippen molar-refractivity contribution in [2.45, 2.75) is 19.8 Å². The summed E-state index contributed by atoms with van der Waals surface area (Å²) in [4.78, 5) is 26.4. The second-order valence-corrected chi connectivity index (χ2v) is 7.44. The van der Waals surface area contributed by atoms with Gasteiger partial charge in [-0.25, -0.2) is 15.0 Å². The number of amidine groups is 1. The summed E-state index contributed by atoms with van der Waals surface area (Å²) >= 11 is 1.23. The number of thiazole rings is 1. The second-order valence-electron chi connectivity index (χ2n) is 6.44. The molecule has 0 atom stereocenters. The highest BCUT2D eigenvalue weighted by Gasteiger charge is 2.29. The smallest absolute Gasteiger partial charge is 0.189 e. The number of carbonyl (C=O) groups is 1. The number of ketones is 1. The normalized spacial score (nSPS) is 14.8. The lowest BCUT2D eigenvalue weighted by Crippen LogP contribution is -2.23. The lowest BCUT2D eigenvalue weighted by Gasteiger charge is -2.20. The number of nitrogens with one attached hydrogen (secondary N) is 2. The third-order valence-electron chi connectivity index (χ3n) is 4.50. The number of carbonyl (C=O) groups excluding carboxylic acids is 1. The molecule has 1 fully saturated rings. The Kier molecular flexibility index (Phi) is 5.27. The Labute approximate surface area is 165 Å². The number of aromatic nitrogens is 3. The Morgan fingerprint density at radius 3 is 2.71 bits per heavy atom. The quantitative estimate of drug-likeness (QED) is 0.384. The van der Waals surface area contributed by atoms with E-state index in [9.17, 15) is 4.79 Å². The molecule has 1 aliphatic heterocycles. The molecule has 0 bridgehead atoms. The fraction of sp³-hybridized carbons (Fsp3) is 0.316. The van der Waals surface area contributed by atoms with Crippen LogP contribution in [0.25, 0.3) is 11.5 Å². The summed E-state index contributed by atoms with van der Waals surface area (Å²) in [6.07, 6.45) is 6.11. The standard InChI is InChI=1S/C19H19N5O3S/c1-11-21-9-13(10-22-11)18(20)24-19-23-15(14-3-2-6-27-14)17(28-19)16(25)12-4-7-26-8-5-12/h2-3,6,9-10,12H,4-5,7-8H2,1H3,(H2,20,23,24). The lowest BCUT2D eigenvalue weighted by molar-refractivity contribution is 0.0547. The number of nitrogens with zero attached hydrogens (tertiary/aromatic N) is 3. The Balaban J connectivity index is 1.62. The molecule has 8 nitrogen and oxygen atoms in total. The summed E-state index contributed by atoms with van der Waals surface area (Å²) in [5.41, 5.74) is 1.04. The molecule has 0 amide bonds. The van der Waals surface area contributed by atoms with E-state index >= 15 is 0 Å². The zero-order valence-corrected chi connectivity index (χ0v) is 16.1. The van der Waals surface area contributed by atoms with Gasteiger partial charge in [0.05, 0.1) is 11.8 Å². The van der Waals surface area contributed by atoms with E-state index in [1.165, 1.54) is 11.3 Å². The summed E-state index contributed by atoms with van der Waals surface area (Å²) in [5, 5.41) is 11.6. The van der Waals surface area contributed by atoms with Crippen molar-refractivity contribution in [2.75, 3.05) is 18.5 Å². The number of ether oxygens (including phenoxy) is 1. The van der Waals surface area contributed by atoms with Crippen molar-refractivity contribution >= 4 is 28.1 Å². The van der Waals surface area contributed by atoms with Crippen LogP contribution in [0.4, 0.5) is 5.13 Å². The van der Waals surface area contributed by atoms with Crippen LogP contribution in [0.5, 0.6) is 0 Å². The average molecular weight is 397 g/mol. The predicted octanol–water partition coefficient (Wildman–Crippen LogP) is 3.55. The maximum Gasteiger partial charge on any atom is 0.189 e. The number of aryl methyl sites for hydroxylation is 1. The Morgan fingerprint density at radius 2 is 2.04 bits per heavy atom. The first-order chi connectivity index (χ1) is 13.6. The van der Waals surface area contributed by atoms with Gasteiger partial charge in [-0.2, -0.15) is 0 Å². The van der Waals surface area contributed by atoms with Gasteiger partial charge in [-0.15, -0.1) is 0 Å². The van der Waals surface area contributed by atoms with Crippen molar-refractivity contribution in [3.8, 4) is 11.5 Å². The zero-order chi connectivity index (χ0) is 19.5. The minimum atomic E-state index is -0.0827. The molecule has 0 aromatic carbocycles. The molecule has 0 unspecified atom stereocenters. The van der Waals surface area contributed by atoms with Crippen molar-refractivity contribution in [3.05, 3.63) is 47.1 Å². The van der Waals surface area contributed by atoms with E-state index in [-0.39, 0.29) is 17.5 Å². The number of hydrogen-bond acceptors (Lipinski definition) is 8. The molecular formula is C19H19N5O3S. The second kappa shape index (κ2) is 7.99.